The van der Waals surface area contributed by atoms with E-state index in [1.54, 1.807) is 6.08 Å². The molecule has 0 heterocycles. The second kappa shape index (κ2) is 7.61. The SMILES string of the molecule is C=C1[C@@H](OC(=O)C=Cc2ccccc2)CC[C@@]2(C)[C@@H](O)[C@H](O)[C@@]34[C@H](C)C(=O)C[C@@H]([C@@H](O)[C@@]132)C4(C)C. The molecule has 3 N–H and O–H groups in total. The summed E-state index contributed by atoms with van der Waals surface area (Å²) in [7, 11) is 0. The summed E-state index contributed by atoms with van der Waals surface area (Å²) >= 11 is 0. The summed E-state index contributed by atoms with van der Waals surface area (Å²) in [6.45, 7) is 12.1. The molecule has 2 bridgehead atoms. The van der Waals surface area contributed by atoms with Crippen LogP contribution in [0.4, 0.5) is 0 Å². The molecule has 0 aliphatic heterocycles. The lowest BCUT2D eigenvalue weighted by Gasteiger charge is -2.60. The van der Waals surface area contributed by atoms with Crippen molar-refractivity contribution >= 4 is 17.8 Å². The Morgan fingerprint density at radius 3 is 2.40 bits per heavy atom. The Morgan fingerprint density at radius 1 is 1.09 bits per heavy atom. The third kappa shape index (κ3) is 2.60. The number of esters is 1. The molecule has 4 aliphatic rings. The van der Waals surface area contributed by atoms with Crippen molar-refractivity contribution in [1.29, 1.82) is 0 Å². The highest BCUT2D eigenvalue weighted by molar-refractivity contribution is 5.87. The predicted octanol–water partition coefficient (Wildman–Crippen LogP) is 3.30. The molecule has 0 amide bonds. The Morgan fingerprint density at radius 2 is 1.74 bits per heavy atom. The van der Waals surface area contributed by atoms with Crippen molar-refractivity contribution in [2.24, 2.45) is 33.5 Å². The van der Waals surface area contributed by atoms with Crippen molar-refractivity contribution in [2.45, 2.75) is 71.4 Å². The average Bonchev–Trinajstić information content (AvgIpc) is 3.04. The summed E-state index contributed by atoms with van der Waals surface area (Å²) in [4.78, 5) is 26.0. The highest BCUT2D eigenvalue weighted by Gasteiger charge is 2.89. The Bertz CT molecular complexity index is 1110. The minimum atomic E-state index is -1.22. The highest BCUT2D eigenvalue weighted by Crippen LogP contribution is 2.85. The molecule has 5 rings (SSSR count). The van der Waals surface area contributed by atoms with Gasteiger partial charge in [0.2, 0.25) is 0 Å². The molecule has 2 spiro atoms. The molecule has 0 aromatic heterocycles. The summed E-state index contributed by atoms with van der Waals surface area (Å²) < 4.78 is 5.89. The quantitative estimate of drug-likeness (QED) is 0.348. The van der Waals surface area contributed by atoms with Crippen LogP contribution in [-0.2, 0) is 14.3 Å². The molecule has 1 aromatic carbocycles. The Balaban J connectivity index is 1.58. The van der Waals surface area contributed by atoms with Crippen molar-refractivity contribution in [2.75, 3.05) is 0 Å². The molecular formula is C29H36O6. The Labute approximate surface area is 206 Å². The first-order chi connectivity index (χ1) is 16.4. The van der Waals surface area contributed by atoms with Gasteiger partial charge in [0.05, 0.1) is 18.3 Å². The summed E-state index contributed by atoms with van der Waals surface area (Å²) in [5.74, 6) is -1.52. The monoisotopic (exact) mass is 480 g/mol. The number of carbonyl (C=O) groups is 2. The molecule has 188 valence electrons. The van der Waals surface area contributed by atoms with Gasteiger partial charge in [0.15, 0.2) is 0 Å². The van der Waals surface area contributed by atoms with E-state index in [4.69, 9.17) is 4.74 Å². The fourth-order valence-electron chi connectivity index (χ4n) is 9.25. The molecule has 0 saturated heterocycles. The van der Waals surface area contributed by atoms with E-state index in [-0.39, 0.29) is 12.2 Å². The van der Waals surface area contributed by atoms with Crippen molar-refractivity contribution in [3.63, 3.8) is 0 Å². The molecule has 6 heteroatoms. The lowest BCUT2D eigenvalue weighted by atomic mass is 9.42. The van der Waals surface area contributed by atoms with Gasteiger partial charge in [-0.25, -0.2) is 4.79 Å². The lowest BCUT2D eigenvalue weighted by molar-refractivity contribution is -0.173. The first kappa shape index (κ1) is 24.4. The van der Waals surface area contributed by atoms with Gasteiger partial charge in [-0.2, -0.15) is 0 Å². The fraction of sp³-hybridized carbons (Fsp3) is 0.586. The second-order valence-electron chi connectivity index (χ2n) is 11.9. The molecule has 0 unspecified atom stereocenters. The van der Waals surface area contributed by atoms with E-state index >= 15 is 0 Å². The number of benzene rings is 1. The largest absolute Gasteiger partial charge is 0.455 e. The highest BCUT2D eigenvalue weighted by atomic mass is 16.5. The maximum Gasteiger partial charge on any atom is 0.331 e. The van der Waals surface area contributed by atoms with Crippen molar-refractivity contribution in [3.8, 4) is 0 Å². The first-order valence-electron chi connectivity index (χ1n) is 12.6. The molecule has 4 aliphatic carbocycles. The van der Waals surface area contributed by atoms with Gasteiger partial charge < -0.3 is 20.1 Å². The van der Waals surface area contributed by atoms with Crippen LogP contribution < -0.4 is 0 Å². The van der Waals surface area contributed by atoms with Crippen LogP contribution in [0, 0.1) is 33.5 Å². The number of ketones is 1. The zero-order chi connectivity index (χ0) is 25.6. The summed E-state index contributed by atoms with van der Waals surface area (Å²) in [6.07, 6.45) is 0.0612. The van der Waals surface area contributed by atoms with Crippen LogP contribution in [-0.4, -0.2) is 51.5 Å². The summed E-state index contributed by atoms with van der Waals surface area (Å²) in [6, 6.07) is 9.43. The summed E-state index contributed by atoms with van der Waals surface area (Å²) in [5.41, 5.74) is -2.50. The van der Waals surface area contributed by atoms with E-state index in [2.05, 4.69) is 6.58 Å². The van der Waals surface area contributed by atoms with Crippen LogP contribution in [0.5, 0.6) is 0 Å². The zero-order valence-electron chi connectivity index (χ0n) is 20.9. The van der Waals surface area contributed by atoms with Crippen LogP contribution in [0.15, 0.2) is 48.6 Å². The molecule has 0 radical (unpaired) electrons. The van der Waals surface area contributed by atoms with E-state index in [1.165, 1.54) is 6.08 Å². The summed E-state index contributed by atoms with van der Waals surface area (Å²) in [5, 5.41) is 35.2. The maximum atomic E-state index is 13.2. The number of hydrogen-bond acceptors (Lipinski definition) is 6. The van der Waals surface area contributed by atoms with Crippen LogP contribution in [0.25, 0.3) is 6.08 Å². The second-order valence-corrected chi connectivity index (χ2v) is 11.9. The van der Waals surface area contributed by atoms with E-state index in [9.17, 15) is 24.9 Å². The Hall–Kier alpha value is -2.28. The predicted molar refractivity (Wildman–Crippen MR) is 131 cm³/mol. The minimum Gasteiger partial charge on any atom is -0.455 e. The van der Waals surface area contributed by atoms with Crippen molar-refractivity contribution < 1.29 is 29.6 Å². The molecule has 6 nitrogen and oxygen atoms in total. The van der Waals surface area contributed by atoms with Gasteiger partial charge in [0, 0.05) is 34.7 Å². The first-order valence-corrected chi connectivity index (χ1v) is 12.6. The van der Waals surface area contributed by atoms with E-state index in [1.807, 2.05) is 58.0 Å². The van der Waals surface area contributed by atoms with Crippen molar-refractivity contribution in [1.82, 2.24) is 0 Å². The van der Waals surface area contributed by atoms with Gasteiger partial charge in [0.25, 0.3) is 0 Å². The van der Waals surface area contributed by atoms with E-state index < -0.39 is 63.9 Å². The Kier molecular flexibility index (Phi) is 5.31. The maximum absolute atomic E-state index is 13.2. The number of carbonyl (C=O) groups excluding carboxylic acids is 2. The van der Waals surface area contributed by atoms with Crippen molar-refractivity contribution in [3.05, 3.63) is 54.1 Å². The number of aliphatic hydroxyl groups excluding tert-OH is 3. The van der Waals surface area contributed by atoms with Gasteiger partial charge in [-0.1, -0.05) is 64.6 Å². The van der Waals surface area contributed by atoms with Gasteiger partial charge in [-0.15, -0.1) is 0 Å². The molecule has 9 atom stereocenters. The van der Waals surface area contributed by atoms with Gasteiger partial charge in [-0.3, -0.25) is 4.79 Å². The van der Waals surface area contributed by atoms with E-state index in [0.29, 0.717) is 18.4 Å². The number of rotatable bonds is 3. The third-order valence-corrected chi connectivity index (χ3v) is 10.7. The molecule has 35 heavy (non-hydrogen) atoms. The average molecular weight is 481 g/mol. The minimum absolute atomic E-state index is 0.0153. The molecule has 4 saturated carbocycles. The number of aliphatic hydroxyl groups is 3. The molecule has 4 fully saturated rings. The lowest BCUT2D eigenvalue weighted by Crippen LogP contribution is -2.63. The number of fused-ring (bicyclic) bond motifs is 1. The van der Waals surface area contributed by atoms with Crippen LogP contribution in [0.3, 0.4) is 0 Å². The third-order valence-electron chi connectivity index (χ3n) is 10.7. The van der Waals surface area contributed by atoms with Gasteiger partial charge in [0.1, 0.15) is 11.9 Å². The zero-order valence-corrected chi connectivity index (χ0v) is 20.9. The topological polar surface area (TPSA) is 104 Å². The number of ether oxygens (including phenoxy) is 1. The van der Waals surface area contributed by atoms with Gasteiger partial charge in [-0.05, 0) is 41.4 Å². The van der Waals surface area contributed by atoms with Crippen LogP contribution >= 0.6 is 0 Å². The standard InChI is InChI=1S/C29H36O6/c1-16-20(30)15-19-23(32)29-17(2)21(35-22(31)12-11-18-9-7-6-8-10-18)13-14-27(29,5)24(33)25(34)28(16,29)26(19,3)4/h6-12,16,19,21,23-25,32-34H,2,13-15H2,1,3-5H3/t16-,19+,21+,23-,24+,25+,27+,28-,29-/m1/s1. The van der Waals surface area contributed by atoms with E-state index in [0.717, 1.165) is 5.56 Å². The smallest absolute Gasteiger partial charge is 0.331 e. The number of Topliss-reactive ketones (excluding diaryl/α,β-unsaturated/α-hetero) is 1. The van der Waals surface area contributed by atoms with Crippen LogP contribution in [0.2, 0.25) is 0 Å². The van der Waals surface area contributed by atoms with Crippen LogP contribution in [0.1, 0.15) is 52.5 Å². The normalized spacial score (nSPS) is 45.9. The fourth-order valence-corrected chi connectivity index (χ4v) is 9.25. The molecule has 1 aromatic rings. The number of hydrogen-bond donors (Lipinski definition) is 3. The molecular weight excluding hydrogens is 444 g/mol. The van der Waals surface area contributed by atoms with Gasteiger partial charge >= 0.3 is 5.97 Å².